The molecule has 0 unspecified atom stereocenters. The Morgan fingerprint density at radius 2 is 1.93 bits per heavy atom. The molecule has 72 valence electrons. The molecule has 0 heterocycles. The van der Waals surface area contributed by atoms with Gasteiger partial charge >= 0.3 is 96.7 Å². The second-order valence-electron chi connectivity index (χ2n) is 3.28. The molecule has 1 aromatic carbocycles. The number of allylic oxidation sites excluding steroid dienone is 1. The van der Waals surface area contributed by atoms with Crippen LogP contribution in [0.1, 0.15) is 19.4 Å². The van der Waals surface area contributed by atoms with Gasteiger partial charge in [-0.15, -0.1) is 0 Å². The van der Waals surface area contributed by atoms with Crippen molar-refractivity contribution in [2.45, 2.75) is 13.8 Å². The Bertz CT molecular complexity index is 338. The van der Waals surface area contributed by atoms with Crippen molar-refractivity contribution in [1.82, 2.24) is 0 Å². The van der Waals surface area contributed by atoms with E-state index in [0.29, 0.717) is 5.92 Å². The van der Waals surface area contributed by atoms with Gasteiger partial charge in [-0.05, 0) is 0 Å². The van der Waals surface area contributed by atoms with E-state index in [1.807, 2.05) is 30.3 Å². The van der Waals surface area contributed by atoms with E-state index < -0.39 is 0 Å². The van der Waals surface area contributed by atoms with Crippen molar-refractivity contribution in [3.63, 3.8) is 0 Å². The summed E-state index contributed by atoms with van der Waals surface area (Å²) in [5.74, 6) is 3.83. The van der Waals surface area contributed by atoms with E-state index in [9.17, 15) is 0 Å². The fourth-order valence-corrected chi connectivity index (χ4v) is 2.66. The number of benzene rings is 1. The summed E-state index contributed by atoms with van der Waals surface area (Å²) in [6.07, 6.45) is 2.24. The summed E-state index contributed by atoms with van der Waals surface area (Å²) in [7, 11) is 0. The molecule has 1 heteroatoms. The summed E-state index contributed by atoms with van der Waals surface area (Å²) in [4.78, 5) is 0. The van der Waals surface area contributed by atoms with E-state index in [1.54, 1.807) is 0 Å². The van der Waals surface area contributed by atoms with E-state index in [4.69, 9.17) is 0 Å². The molecule has 0 aliphatic heterocycles. The SMILES string of the molecule is CC(C)/C=C/[Te]C#Cc1ccccc1. The Kier molecular flexibility index (Phi) is 5.46. The molecule has 1 aromatic rings. The van der Waals surface area contributed by atoms with Crippen molar-refractivity contribution in [1.29, 1.82) is 0 Å². The van der Waals surface area contributed by atoms with Gasteiger partial charge in [0.05, 0.1) is 0 Å². The maximum absolute atomic E-state index is 3.25. The van der Waals surface area contributed by atoms with Gasteiger partial charge in [0, 0.05) is 0 Å². The number of rotatable bonds is 2. The molecule has 0 nitrogen and oxygen atoms in total. The Labute approximate surface area is 96.5 Å². The monoisotopic (exact) mass is 300 g/mol. The molecule has 0 spiro atoms. The van der Waals surface area contributed by atoms with Crippen molar-refractivity contribution in [3.05, 3.63) is 46.1 Å². The molecule has 0 aromatic heterocycles. The topological polar surface area (TPSA) is 0 Å². The van der Waals surface area contributed by atoms with Gasteiger partial charge in [0.25, 0.3) is 0 Å². The quantitative estimate of drug-likeness (QED) is 0.582. The molecule has 1 rings (SSSR count). The van der Waals surface area contributed by atoms with Crippen molar-refractivity contribution < 1.29 is 0 Å². The molecular formula is C13H14Te. The molecule has 0 aliphatic carbocycles. The molecule has 0 atom stereocenters. The molecule has 0 N–H and O–H groups in total. The number of hydrogen-bond acceptors (Lipinski definition) is 0. The van der Waals surface area contributed by atoms with E-state index in [1.165, 1.54) is 0 Å². The third-order valence-corrected chi connectivity index (χ3v) is 3.02. The van der Waals surface area contributed by atoms with Crippen LogP contribution in [0.5, 0.6) is 0 Å². The van der Waals surface area contributed by atoms with Crippen molar-refractivity contribution in [2.24, 2.45) is 5.92 Å². The van der Waals surface area contributed by atoms with E-state index in [2.05, 4.69) is 33.9 Å². The molecule has 0 radical (unpaired) electrons. The summed E-state index contributed by atoms with van der Waals surface area (Å²) in [5.41, 5.74) is 1.12. The Morgan fingerprint density at radius 3 is 2.57 bits per heavy atom. The third kappa shape index (κ3) is 5.13. The first-order valence-corrected chi connectivity index (χ1v) is 7.18. The Hall–Kier alpha value is -0.690. The molecule has 0 saturated carbocycles. The average molecular weight is 298 g/mol. The van der Waals surface area contributed by atoms with Gasteiger partial charge in [-0.3, -0.25) is 0 Å². The van der Waals surface area contributed by atoms with E-state index >= 15 is 0 Å². The molecular weight excluding hydrogens is 284 g/mol. The van der Waals surface area contributed by atoms with Crippen molar-refractivity contribution in [2.75, 3.05) is 0 Å². The van der Waals surface area contributed by atoms with Gasteiger partial charge in [0.15, 0.2) is 0 Å². The third-order valence-electron chi connectivity index (χ3n) is 1.56. The fraction of sp³-hybridized carbons (Fsp3) is 0.231. The average Bonchev–Trinajstić information content (AvgIpc) is 2.18. The Balaban J connectivity index is 2.42. The fourth-order valence-electron chi connectivity index (χ4n) is 0.840. The van der Waals surface area contributed by atoms with E-state index in [0.717, 1.165) is 5.56 Å². The van der Waals surface area contributed by atoms with Crippen LogP contribution in [-0.4, -0.2) is 20.9 Å². The minimum atomic E-state index is -0.243. The first-order chi connectivity index (χ1) is 6.79. The first-order valence-electron chi connectivity index (χ1n) is 4.67. The van der Waals surface area contributed by atoms with Gasteiger partial charge in [-0.25, -0.2) is 0 Å². The van der Waals surface area contributed by atoms with Crippen LogP contribution in [0.4, 0.5) is 0 Å². The van der Waals surface area contributed by atoms with Gasteiger partial charge in [0.1, 0.15) is 0 Å². The number of hydrogen-bond donors (Lipinski definition) is 0. The molecule has 14 heavy (non-hydrogen) atoms. The van der Waals surface area contributed by atoms with Gasteiger partial charge in [-0.2, -0.15) is 0 Å². The summed E-state index contributed by atoms with van der Waals surface area (Å²) in [6.45, 7) is 4.38. The predicted molar refractivity (Wildman–Crippen MR) is 63.1 cm³/mol. The zero-order valence-electron chi connectivity index (χ0n) is 8.53. The van der Waals surface area contributed by atoms with Crippen LogP contribution in [0.2, 0.25) is 0 Å². The molecule has 0 aliphatic rings. The standard InChI is InChI=1S/C13H14Te/c1-12(2)8-10-14-11-9-13-6-4-3-5-7-13/h3-8,10,12H,1-2H3/b10-8+. The molecule has 0 fully saturated rings. The zero-order chi connectivity index (χ0) is 10.2. The first kappa shape index (κ1) is 11.4. The normalized spacial score (nSPS) is 10.2. The molecule has 0 saturated heterocycles. The molecule has 0 amide bonds. The van der Waals surface area contributed by atoms with Crippen molar-refractivity contribution >= 4 is 20.9 Å². The van der Waals surface area contributed by atoms with Crippen LogP contribution in [0.15, 0.2) is 40.5 Å². The van der Waals surface area contributed by atoms with Gasteiger partial charge < -0.3 is 0 Å². The van der Waals surface area contributed by atoms with Crippen LogP contribution in [0.25, 0.3) is 0 Å². The maximum atomic E-state index is 3.25. The van der Waals surface area contributed by atoms with Crippen LogP contribution in [0.3, 0.4) is 0 Å². The zero-order valence-corrected chi connectivity index (χ0v) is 10.9. The minimum absolute atomic E-state index is 0.243. The summed E-state index contributed by atoms with van der Waals surface area (Å²) < 4.78 is 5.51. The van der Waals surface area contributed by atoms with E-state index in [-0.39, 0.29) is 20.9 Å². The Morgan fingerprint density at radius 1 is 1.21 bits per heavy atom. The van der Waals surface area contributed by atoms with Crippen LogP contribution in [0, 0.1) is 15.8 Å². The summed E-state index contributed by atoms with van der Waals surface area (Å²) in [6, 6.07) is 10.2. The van der Waals surface area contributed by atoms with Crippen molar-refractivity contribution in [3.8, 4) is 9.89 Å². The predicted octanol–water partition coefficient (Wildman–Crippen LogP) is 2.87. The van der Waals surface area contributed by atoms with Crippen LogP contribution in [-0.2, 0) is 0 Å². The molecule has 0 bridgehead atoms. The van der Waals surface area contributed by atoms with Gasteiger partial charge in [-0.1, -0.05) is 0 Å². The summed E-state index contributed by atoms with van der Waals surface area (Å²) in [5, 5.41) is 0. The second kappa shape index (κ2) is 6.72. The second-order valence-corrected chi connectivity index (χ2v) is 5.32. The van der Waals surface area contributed by atoms with Gasteiger partial charge in [0.2, 0.25) is 0 Å². The van der Waals surface area contributed by atoms with Crippen LogP contribution >= 0.6 is 0 Å². The van der Waals surface area contributed by atoms with Crippen LogP contribution < -0.4 is 0 Å². The summed E-state index contributed by atoms with van der Waals surface area (Å²) >= 11 is -0.243.